The Morgan fingerprint density at radius 1 is 1.14 bits per heavy atom. The molecule has 7 heteroatoms. The molecule has 28 heavy (non-hydrogen) atoms. The monoisotopic (exact) mass is 404 g/mol. The first-order chi connectivity index (χ1) is 12.9. The Balaban J connectivity index is 0.00000280. The van der Waals surface area contributed by atoms with Crippen LogP contribution in [0.1, 0.15) is 33.5 Å². The van der Waals surface area contributed by atoms with Crippen LogP contribution >= 0.6 is 12.4 Å². The maximum Gasteiger partial charge on any atom is 0.336 e. The molecule has 5 nitrogen and oxygen atoms in total. The Hall–Kier alpha value is -2.70. The molecular formula is C21H22ClFN2O3. The van der Waals surface area contributed by atoms with Gasteiger partial charge in [-0.1, -0.05) is 6.07 Å². The van der Waals surface area contributed by atoms with Gasteiger partial charge < -0.3 is 15.5 Å². The minimum absolute atomic E-state index is 0. The Morgan fingerprint density at radius 2 is 1.89 bits per heavy atom. The van der Waals surface area contributed by atoms with Gasteiger partial charge in [-0.25, -0.2) is 9.18 Å². The smallest absolute Gasteiger partial charge is 0.336 e. The Bertz CT molecular complexity index is 1080. The first-order valence-corrected chi connectivity index (χ1v) is 8.74. The summed E-state index contributed by atoms with van der Waals surface area (Å²) in [6.07, 6.45) is 1.45. The molecular weight excluding hydrogens is 383 g/mol. The van der Waals surface area contributed by atoms with Gasteiger partial charge in [-0.05, 0) is 74.2 Å². The van der Waals surface area contributed by atoms with Crippen LogP contribution in [-0.4, -0.2) is 12.5 Å². The second kappa shape index (κ2) is 8.99. The van der Waals surface area contributed by atoms with E-state index < -0.39 is 17.3 Å². The lowest BCUT2D eigenvalue weighted by molar-refractivity contribution is 0.102. The number of hydrogen-bond donors (Lipinski definition) is 2. The fraction of sp³-hybridized carbons (Fsp3) is 0.238. The molecule has 1 aromatic heterocycles. The SMILES string of the molecule is Cc1cc2oc(=O)cc(C)c2cc1NC(=O)c1cc(CCCN)ccc1F.Cl. The van der Waals surface area contributed by atoms with Crippen molar-refractivity contribution in [3.63, 3.8) is 0 Å². The second-order valence-electron chi connectivity index (χ2n) is 6.57. The molecule has 0 aliphatic heterocycles. The van der Waals surface area contributed by atoms with Gasteiger partial charge >= 0.3 is 5.63 Å². The number of amides is 1. The van der Waals surface area contributed by atoms with E-state index in [0.29, 0.717) is 35.2 Å². The highest BCUT2D eigenvalue weighted by Crippen LogP contribution is 2.26. The first kappa shape index (κ1) is 21.6. The fourth-order valence-electron chi connectivity index (χ4n) is 3.00. The number of fused-ring (bicyclic) bond motifs is 1. The number of carbonyl (C=O) groups excluding carboxylic acids is 1. The topological polar surface area (TPSA) is 85.3 Å². The molecule has 0 aliphatic rings. The highest BCUT2D eigenvalue weighted by molar-refractivity contribution is 6.06. The molecule has 3 N–H and O–H groups in total. The molecule has 1 amide bonds. The van der Waals surface area contributed by atoms with Gasteiger partial charge in [-0.3, -0.25) is 4.79 Å². The minimum Gasteiger partial charge on any atom is -0.423 e. The Morgan fingerprint density at radius 3 is 2.61 bits per heavy atom. The summed E-state index contributed by atoms with van der Waals surface area (Å²) in [7, 11) is 0. The van der Waals surface area contributed by atoms with Gasteiger partial charge in [0, 0.05) is 17.1 Å². The first-order valence-electron chi connectivity index (χ1n) is 8.74. The summed E-state index contributed by atoms with van der Waals surface area (Å²) in [4.78, 5) is 24.2. The zero-order chi connectivity index (χ0) is 19.6. The van der Waals surface area contributed by atoms with Gasteiger partial charge in [-0.15, -0.1) is 12.4 Å². The Labute approximate surface area is 168 Å². The lowest BCUT2D eigenvalue weighted by Crippen LogP contribution is -2.15. The van der Waals surface area contributed by atoms with Crippen molar-refractivity contribution in [2.75, 3.05) is 11.9 Å². The number of halogens is 2. The number of aryl methyl sites for hydroxylation is 3. The Kier molecular flexibility index (Phi) is 6.94. The molecule has 0 fully saturated rings. The molecule has 1 heterocycles. The van der Waals surface area contributed by atoms with E-state index in [9.17, 15) is 14.0 Å². The quantitative estimate of drug-likeness (QED) is 0.626. The van der Waals surface area contributed by atoms with Crippen molar-refractivity contribution < 1.29 is 13.6 Å². The van der Waals surface area contributed by atoms with Crippen LogP contribution in [0.25, 0.3) is 11.0 Å². The van der Waals surface area contributed by atoms with Crippen molar-refractivity contribution in [3.05, 3.63) is 74.9 Å². The summed E-state index contributed by atoms with van der Waals surface area (Å²) in [5.74, 6) is -1.11. The van der Waals surface area contributed by atoms with Gasteiger partial charge in [0.05, 0.1) is 5.56 Å². The van der Waals surface area contributed by atoms with Crippen LogP contribution in [0.3, 0.4) is 0 Å². The average molecular weight is 405 g/mol. The number of benzene rings is 2. The summed E-state index contributed by atoms with van der Waals surface area (Å²) < 4.78 is 19.4. The molecule has 0 saturated carbocycles. The summed E-state index contributed by atoms with van der Waals surface area (Å²) in [6, 6.07) is 9.33. The lowest BCUT2D eigenvalue weighted by Gasteiger charge is -2.12. The molecule has 0 unspecified atom stereocenters. The summed E-state index contributed by atoms with van der Waals surface area (Å²) in [6.45, 7) is 4.11. The van der Waals surface area contributed by atoms with E-state index in [1.54, 1.807) is 38.1 Å². The van der Waals surface area contributed by atoms with Gasteiger partial charge in [-0.2, -0.15) is 0 Å². The van der Waals surface area contributed by atoms with E-state index in [-0.39, 0.29) is 18.0 Å². The van der Waals surface area contributed by atoms with E-state index in [0.717, 1.165) is 17.5 Å². The summed E-state index contributed by atoms with van der Waals surface area (Å²) in [5, 5.41) is 3.48. The number of rotatable bonds is 5. The third-order valence-electron chi connectivity index (χ3n) is 4.49. The molecule has 3 rings (SSSR count). The van der Waals surface area contributed by atoms with Crippen LogP contribution in [0, 0.1) is 19.7 Å². The molecule has 0 aliphatic carbocycles. The van der Waals surface area contributed by atoms with Crippen molar-refractivity contribution >= 4 is 35.0 Å². The van der Waals surface area contributed by atoms with E-state index >= 15 is 0 Å². The predicted octanol–water partition coefficient (Wildman–Crippen LogP) is 4.11. The van der Waals surface area contributed by atoms with Crippen LogP contribution in [0.15, 0.2) is 45.6 Å². The fourth-order valence-corrected chi connectivity index (χ4v) is 3.00. The van der Waals surface area contributed by atoms with Crippen LogP contribution in [0.4, 0.5) is 10.1 Å². The maximum absolute atomic E-state index is 14.2. The molecule has 0 atom stereocenters. The van der Waals surface area contributed by atoms with Crippen LogP contribution < -0.4 is 16.7 Å². The molecule has 0 radical (unpaired) electrons. The maximum atomic E-state index is 14.2. The van der Waals surface area contributed by atoms with Crippen molar-refractivity contribution in [3.8, 4) is 0 Å². The van der Waals surface area contributed by atoms with Crippen LogP contribution in [-0.2, 0) is 6.42 Å². The number of carbonyl (C=O) groups is 1. The van der Waals surface area contributed by atoms with E-state index in [1.807, 2.05) is 0 Å². The highest BCUT2D eigenvalue weighted by Gasteiger charge is 2.15. The highest BCUT2D eigenvalue weighted by atomic mass is 35.5. The van der Waals surface area contributed by atoms with Gasteiger partial charge in [0.1, 0.15) is 11.4 Å². The van der Waals surface area contributed by atoms with Gasteiger partial charge in [0.15, 0.2) is 0 Å². The van der Waals surface area contributed by atoms with E-state index in [2.05, 4.69) is 5.32 Å². The minimum atomic E-state index is -0.579. The predicted molar refractivity (Wildman–Crippen MR) is 111 cm³/mol. The number of anilines is 1. The van der Waals surface area contributed by atoms with Crippen molar-refractivity contribution in [1.29, 1.82) is 0 Å². The van der Waals surface area contributed by atoms with Crippen LogP contribution in [0.5, 0.6) is 0 Å². The third kappa shape index (κ3) is 4.58. The number of nitrogens with two attached hydrogens (primary N) is 1. The third-order valence-corrected chi connectivity index (χ3v) is 4.49. The van der Waals surface area contributed by atoms with Crippen molar-refractivity contribution in [1.82, 2.24) is 0 Å². The standard InChI is InChI=1S/C21H21FN2O3.ClH/c1-12-9-20(25)27-19-8-13(2)18(11-15(12)19)24-21(26)16-10-14(4-3-7-23)5-6-17(16)22;/h5-6,8-11H,3-4,7,23H2,1-2H3,(H,24,26);1H. The molecule has 148 valence electrons. The largest absolute Gasteiger partial charge is 0.423 e. The van der Waals surface area contributed by atoms with Crippen molar-refractivity contribution in [2.45, 2.75) is 26.7 Å². The molecule has 0 saturated heterocycles. The van der Waals surface area contributed by atoms with E-state index in [1.165, 1.54) is 12.1 Å². The average Bonchev–Trinajstić information content (AvgIpc) is 2.62. The molecule has 3 aromatic rings. The molecule has 0 bridgehead atoms. The van der Waals surface area contributed by atoms with Crippen molar-refractivity contribution in [2.24, 2.45) is 5.73 Å². The summed E-state index contributed by atoms with van der Waals surface area (Å²) in [5.41, 5.74) is 8.38. The van der Waals surface area contributed by atoms with Gasteiger partial charge in [0.2, 0.25) is 0 Å². The normalized spacial score (nSPS) is 10.6. The summed E-state index contributed by atoms with van der Waals surface area (Å²) >= 11 is 0. The molecule has 0 spiro atoms. The van der Waals surface area contributed by atoms with Crippen LogP contribution in [0.2, 0.25) is 0 Å². The lowest BCUT2D eigenvalue weighted by atomic mass is 10.0. The zero-order valence-corrected chi connectivity index (χ0v) is 16.5. The number of hydrogen-bond acceptors (Lipinski definition) is 4. The second-order valence-corrected chi connectivity index (χ2v) is 6.57. The number of nitrogens with one attached hydrogen (secondary N) is 1. The zero-order valence-electron chi connectivity index (χ0n) is 15.7. The van der Waals surface area contributed by atoms with E-state index in [4.69, 9.17) is 10.2 Å². The molecule has 2 aromatic carbocycles. The van der Waals surface area contributed by atoms with Gasteiger partial charge in [0.25, 0.3) is 5.91 Å².